The van der Waals surface area contributed by atoms with Crippen molar-refractivity contribution in [3.8, 4) is 5.75 Å². The summed E-state index contributed by atoms with van der Waals surface area (Å²) in [7, 11) is 1.44. The normalized spacial score (nSPS) is 13.3. The lowest BCUT2D eigenvalue weighted by atomic mass is 9.95. The highest BCUT2D eigenvalue weighted by molar-refractivity contribution is 5.96. The van der Waals surface area contributed by atoms with E-state index in [1.807, 2.05) is 0 Å². The van der Waals surface area contributed by atoms with Crippen LogP contribution in [0.4, 0.5) is 8.78 Å². The van der Waals surface area contributed by atoms with Crippen LogP contribution in [-0.4, -0.2) is 24.7 Å². The van der Waals surface area contributed by atoms with E-state index >= 15 is 0 Å². The molecule has 0 aromatic heterocycles. The quantitative estimate of drug-likeness (QED) is 0.890. The maximum atomic E-state index is 13.8. The Labute approximate surface area is 132 Å². The number of hydrogen-bond donors (Lipinski definition) is 2. The summed E-state index contributed by atoms with van der Waals surface area (Å²) >= 11 is 0. The van der Waals surface area contributed by atoms with Crippen molar-refractivity contribution in [2.24, 2.45) is 0 Å². The van der Waals surface area contributed by atoms with Crippen molar-refractivity contribution in [3.05, 3.63) is 65.2 Å². The Kier molecular flexibility index (Phi) is 4.95. The molecular weight excluding hydrogens is 304 g/mol. The highest BCUT2D eigenvalue weighted by Gasteiger charge is 2.28. The van der Waals surface area contributed by atoms with E-state index in [-0.39, 0.29) is 12.1 Å². The first-order valence-corrected chi connectivity index (χ1v) is 6.94. The van der Waals surface area contributed by atoms with E-state index in [2.05, 4.69) is 5.32 Å². The number of carbonyl (C=O) groups is 1. The number of halogens is 2. The Morgan fingerprint density at radius 3 is 2.61 bits per heavy atom. The van der Waals surface area contributed by atoms with Gasteiger partial charge >= 0.3 is 0 Å². The van der Waals surface area contributed by atoms with Crippen molar-refractivity contribution in [2.75, 3.05) is 13.7 Å². The molecule has 1 amide bonds. The van der Waals surface area contributed by atoms with E-state index in [1.54, 1.807) is 24.3 Å². The first-order valence-electron chi connectivity index (χ1n) is 6.94. The van der Waals surface area contributed by atoms with Gasteiger partial charge in [-0.15, -0.1) is 0 Å². The van der Waals surface area contributed by atoms with Crippen molar-refractivity contribution < 1.29 is 23.4 Å². The topological polar surface area (TPSA) is 58.6 Å². The number of nitrogens with one attached hydrogen (secondary N) is 1. The van der Waals surface area contributed by atoms with Crippen LogP contribution >= 0.6 is 0 Å². The van der Waals surface area contributed by atoms with Crippen molar-refractivity contribution in [3.63, 3.8) is 0 Å². The standard InChI is InChI=1S/C17H17F2NO3/c1-17(22,13-8-7-11(18)9-14(13)19)10-20-16(21)12-5-3-4-6-15(12)23-2/h3-9,22H,10H2,1-2H3,(H,20,21). The second-order valence-corrected chi connectivity index (χ2v) is 5.28. The minimum atomic E-state index is -1.69. The molecule has 0 saturated carbocycles. The fraction of sp³-hybridized carbons (Fsp3) is 0.235. The van der Waals surface area contributed by atoms with E-state index in [0.29, 0.717) is 17.4 Å². The van der Waals surface area contributed by atoms with Gasteiger partial charge in [-0.3, -0.25) is 4.79 Å². The molecule has 0 heterocycles. The van der Waals surface area contributed by atoms with Gasteiger partial charge in [-0.05, 0) is 25.1 Å². The van der Waals surface area contributed by atoms with E-state index in [9.17, 15) is 18.7 Å². The number of rotatable bonds is 5. The maximum Gasteiger partial charge on any atom is 0.255 e. The van der Waals surface area contributed by atoms with Gasteiger partial charge in [0.05, 0.1) is 19.2 Å². The number of methoxy groups -OCH3 is 1. The molecule has 2 N–H and O–H groups in total. The molecule has 2 aromatic carbocycles. The molecule has 0 spiro atoms. The summed E-state index contributed by atoms with van der Waals surface area (Å²) in [6.45, 7) is 1.10. The largest absolute Gasteiger partial charge is 0.496 e. The zero-order chi connectivity index (χ0) is 17.0. The van der Waals surface area contributed by atoms with Gasteiger partial charge < -0.3 is 15.2 Å². The van der Waals surface area contributed by atoms with Crippen LogP contribution < -0.4 is 10.1 Å². The second kappa shape index (κ2) is 6.75. The van der Waals surface area contributed by atoms with Crippen molar-refractivity contribution in [2.45, 2.75) is 12.5 Å². The second-order valence-electron chi connectivity index (χ2n) is 5.28. The Bertz CT molecular complexity index is 717. The average molecular weight is 321 g/mol. The van der Waals surface area contributed by atoms with Gasteiger partial charge in [0.25, 0.3) is 5.91 Å². The Balaban J connectivity index is 2.14. The first-order chi connectivity index (χ1) is 10.8. The maximum absolute atomic E-state index is 13.8. The third kappa shape index (κ3) is 3.84. The summed E-state index contributed by atoms with van der Waals surface area (Å²) in [5.41, 5.74) is -1.49. The summed E-state index contributed by atoms with van der Waals surface area (Å²) in [5, 5.41) is 12.9. The third-order valence-electron chi connectivity index (χ3n) is 3.46. The molecule has 4 nitrogen and oxygen atoms in total. The molecule has 23 heavy (non-hydrogen) atoms. The highest BCUT2D eigenvalue weighted by atomic mass is 19.1. The molecule has 1 unspecified atom stereocenters. The predicted molar refractivity (Wildman–Crippen MR) is 81.3 cm³/mol. The Hall–Kier alpha value is -2.47. The summed E-state index contributed by atoms with van der Waals surface area (Å²) in [4.78, 5) is 12.2. The fourth-order valence-electron chi connectivity index (χ4n) is 2.20. The van der Waals surface area contributed by atoms with Crippen molar-refractivity contribution in [1.82, 2.24) is 5.32 Å². The average Bonchev–Trinajstić information content (AvgIpc) is 2.52. The number of benzene rings is 2. The lowest BCUT2D eigenvalue weighted by Crippen LogP contribution is -2.39. The molecular formula is C17H17F2NO3. The summed E-state index contributed by atoms with van der Waals surface area (Å²) in [6.07, 6.45) is 0. The van der Waals surface area contributed by atoms with Gasteiger partial charge in [0.15, 0.2) is 0 Å². The van der Waals surface area contributed by atoms with Crippen molar-refractivity contribution in [1.29, 1.82) is 0 Å². The van der Waals surface area contributed by atoms with E-state index in [0.717, 1.165) is 12.1 Å². The SMILES string of the molecule is COc1ccccc1C(=O)NCC(C)(O)c1ccc(F)cc1F. The van der Waals surface area contributed by atoms with Crippen LogP contribution in [0.1, 0.15) is 22.8 Å². The smallest absolute Gasteiger partial charge is 0.255 e. The van der Waals surface area contributed by atoms with Crippen LogP contribution in [0, 0.1) is 11.6 Å². The zero-order valence-electron chi connectivity index (χ0n) is 12.8. The Morgan fingerprint density at radius 2 is 1.96 bits per heavy atom. The third-order valence-corrected chi connectivity index (χ3v) is 3.46. The van der Waals surface area contributed by atoms with E-state index in [4.69, 9.17) is 4.74 Å². The molecule has 0 radical (unpaired) electrons. The van der Waals surface area contributed by atoms with Crippen LogP contribution in [0.15, 0.2) is 42.5 Å². The lowest BCUT2D eigenvalue weighted by molar-refractivity contribution is 0.0493. The molecule has 1 atom stereocenters. The van der Waals surface area contributed by atoms with Gasteiger partial charge in [0.2, 0.25) is 0 Å². The zero-order valence-corrected chi connectivity index (χ0v) is 12.8. The molecule has 0 aliphatic carbocycles. The molecule has 0 aliphatic rings. The van der Waals surface area contributed by atoms with E-state index in [1.165, 1.54) is 14.0 Å². The lowest BCUT2D eigenvalue weighted by Gasteiger charge is -2.25. The number of para-hydroxylation sites is 1. The molecule has 2 aromatic rings. The number of carbonyl (C=O) groups excluding carboxylic acids is 1. The number of ether oxygens (including phenoxy) is 1. The molecule has 122 valence electrons. The van der Waals surface area contributed by atoms with Gasteiger partial charge in [0, 0.05) is 11.6 Å². The number of aliphatic hydroxyl groups is 1. The van der Waals surface area contributed by atoms with Crippen LogP contribution in [0.5, 0.6) is 5.75 Å². The van der Waals surface area contributed by atoms with Gasteiger partial charge in [0.1, 0.15) is 23.0 Å². The summed E-state index contributed by atoms with van der Waals surface area (Å²) < 4.78 is 31.8. The molecule has 0 aliphatic heterocycles. The molecule has 0 saturated heterocycles. The number of hydrogen-bond acceptors (Lipinski definition) is 3. The van der Waals surface area contributed by atoms with Gasteiger partial charge in [-0.25, -0.2) is 8.78 Å². The first kappa shape index (κ1) is 16.9. The summed E-state index contributed by atoms with van der Waals surface area (Å²) in [5.74, 6) is -1.69. The Morgan fingerprint density at radius 1 is 1.26 bits per heavy atom. The molecule has 0 fully saturated rings. The van der Waals surface area contributed by atoms with Crippen LogP contribution in [0.2, 0.25) is 0 Å². The number of amides is 1. The van der Waals surface area contributed by atoms with Crippen LogP contribution in [0.25, 0.3) is 0 Å². The summed E-state index contributed by atoms with van der Waals surface area (Å²) in [6, 6.07) is 9.49. The van der Waals surface area contributed by atoms with Gasteiger partial charge in [-0.2, -0.15) is 0 Å². The molecule has 0 bridgehead atoms. The van der Waals surface area contributed by atoms with Crippen LogP contribution in [-0.2, 0) is 5.60 Å². The van der Waals surface area contributed by atoms with Gasteiger partial charge in [-0.1, -0.05) is 18.2 Å². The minimum absolute atomic E-state index is 0.0979. The minimum Gasteiger partial charge on any atom is -0.496 e. The predicted octanol–water partition coefficient (Wildman–Crippen LogP) is 2.61. The van der Waals surface area contributed by atoms with Crippen LogP contribution in [0.3, 0.4) is 0 Å². The fourth-order valence-corrected chi connectivity index (χ4v) is 2.20. The highest BCUT2D eigenvalue weighted by Crippen LogP contribution is 2.24. The van der Waals surface area contributed by atoms with E-state index < -0.39 is 23.1 Å². The molecule has 6 heteroatoms. The molecule has 2 rings (SSSR count). The monoisotopic (exact) mass is 321 g/mol. The van der Waals surface area contributed by atoms with Crippen molar-refractivity contribution >= 4 is 5.91 Å².